The number of hydrogen-bond acceptors (Lipinski definition) is 9. The van der Waals surface area contributed by atoms with Gasteiger partial charge in [-0.15, -0.1) is 0 Å². The number of nitrogens with zero attached hydrogens (tertiary/aromatic N) is 4. The number of alkyl halides is 6. The van der Waals surface area contributed by atoms with Crippen molar-refractivity contribution in [3.63, 3.8) is 0 Å². The van der Waals surface area contributed by atoms with Gasteiger partial charge < -0.3 is 43.7 Å². The molecule has 4 fully saturated rings. The van der Waals surface area contributed by atoms with Gasteiger partial charge in [-0.1, -0.05) is 55.6 Å². The van der Waals surface area contributed by atoms with E-state index in [4.69, 9.17) is 42.1 Å². The first-order valence-corrected chi connectivity index (χ1v) is 26.3. The largest absolute Gasteiger partial charge is 0.494 e. The van der Waals surface area contributed by atoms with Gasteiger partial charge in [-0.05, 0) is 124 Å². The number of benzene rings is 3. The van der Waals surface area contributed by atoms with Crippen molar-refractivity contribution < 1.29 is 69.6 Å². The number of likely N-dealkylation sites (tertiary alicyclic amines) is 2. The Hall–Kier alpha value is -4.98. The van der Waals surface area contributed by atoms with Gasteiger partial charge in [-0.3, -0.25) is 19.2 Å². The normalized spacial score (nSPS) is 21.3. The van der Waals surface area contributed by atoms with Gasteiger partial charge in [0.15, 0.2) is 0 Å². The highest BCUT2D eigenvalue weighted by Crippen LogP contribution is 2.50. The van der Waals surface area contributed by atoms with Crippen molar-refractivity contribution in [1.82, 2.24) is 19.6 Å². The van der Waals surface area contributed by atoms with E-state index in [1.165, 1.54) is 18.7 Å². The molecule has 3 saturated heterocycles. The zero-order valence-electron chi connectivity index (χ0n) is 42.8. The molecule has 13 nitrogen and oxygen atoms in total. The highest BCUT2D eigenvalue weighted by Gasteiger charge is 2.67. The Morgan fingerprint density at radius 2 is 1.29 bits per heavy atom. The van der Waals surface area contributed by atoms with Crippen LogP contribution in [0.3, 0.4) is 0 Å². The van der Waals surface area contributed by atoms with Gasteiger partial charge in [0.1, 0.15) is 17.2 Å². The number of unbranched alkanes of at least 4 members (excludes halogenated alkanes) is 1. The van der Waals surface area contributed by atoms with Crippen molar-refractivity contribution in [3.8, 4) is 17.2 Å². The fourth-order valence-corrected chi connectivity index (χ4v) is 11.1. The lowest BCUT2D eigenvalue weighted by atomic mass is 9.85. The van der Waals surface area contributed by atoms with Gasteiger partial charge >= 0.3 is 12.4 Å². The van der Waals surface area contributed by atoms with Crippen LogP contribution in [0, 0.1) is 29.6 Å². The maximum atomic E-state index is 15.3. The fourth-order valence-electron chi connectivity index (χ4n) is 10.6. The first-order chi connectivity index (χ1) is 35.4. The summed E-state index contributed by atoms with van der Waals surface area (Å²) in [7, 11) is 4.96. The van der Waals surface area contributed by atoms with E-state index in [1.54, 1.807) is 62.4 Å². The number of piperidine rings is 2. The average Bonchev–Trinajstić information content (AvgIpc) is 3.94. The molecule has 0 radical (unpaired) electrons. The molecule has 0 spiro atoms. The molecule has 3 aliphatic heterocycles. The third-order valence-corrected chi connectivity index (χ3v) is 16.0. The molecule has 4 amide bonds. The summed E-state index contributed by atoms with van der Waals surface area (Å²) in [6.07, 6.45) is -5.45. The molecular weight excluding hydrogens is 1030 g/mol. The molecule has 5 atom stereocenters. The van der Waals surface area contributed by atoms with Crippen LogP contribution in [0.4, 0.5) is 26.3 Å². The molecule has 3 aromatic rings. The Morgan fingerprint density at radius 3 is 1.83 bits per heavy atom. The molecule has 3 heterocycles. The second kappa shape index (κ2) is 23.7. The standard InChI is InChI=1S/C54H66Cl2F6N4O9/c1-33(2)52(54(60,61)62,50(70)66-24-19-35(20-25-66)44-28-36(44)31-74-41-14-15-42(45(55)30-41)47(67)63(3)4)75-39-11-9-37(10-12-39)51(71,53(57,58)59)49(69)65-22-17-34(18-23-65)8-6-7-26-73-40-13-16-43(46(56)29-40)48(68)64(5)38-21-27-72-32-38/h9-16,29-30,33-36,38,44,71H,6-8,17-28,31-32H2,1-5H3/t36-,38-,44-,51+,52?/m0/s1. The van der Waals surface area contributed by atoms with E-state index in [0.717, 1.165) is 41.2 Å². The molecule has 0 aromatic heterocycles. The Morgan fingerprint density at radius 1 is 0.733 bits per heavy atom. The van der Waals surface area contributed by atoms with Crippen molar-refractivity contribution in [2.24, 2.45) is 29.6 Å². The molecule has 1 unspecified atom stereocenters. The van der Waals surface area contributed by atoms with Gasteiger partial charge in [0, 0.05) is 65.4 Å². The third-order valence-electron chi connectivity index (χ3n) is 15.4. The molecule has 0 bridgehead atoms. The summed E-state index contributed by atoms with van der Waals surface area (Å²) in [6.45, 7) is 4.09. The first kappa shape index (κ1) is 57.7. The van der Waals surface area contributed by atoms with Crippen LogP contribution < -0.4 is 14.2 Å². The molecular formula is C54H66Cl2F6N4O9. The summed E-state index contributed by atoms with van der Waals surface area (Å²) < 4.78 is 113. The molecule has 1 aliphatic carbocycles. The van der Waals surface area contributed by atoms with Crippen LogP contribution >= 0.6 is 23.2 Å². The van der Waals surface area contributed by atoms with Crippen LogP contribution in [0.25, 0.3) is 0 Å². The second-order valence-corrected chi connectivity index (χ2v) is 21.6. The van der Waals surface area contributed by atoms with Crippen LogP contribution in [0.15, 0.2) is 60.7 Å². The van der Waals surface area contributed by atoms with Gasteiger partial charge in [0.25, 0.3) is 34.8 Å². The minimum absolute atomic E-state index is 0.0161. The molecule has 4 aliphatic rings. The van der Waals surface area contributed by atoms with E-state index in [9.17, 15) is 37.5 Å². The Balaban J connectivity index is 0.894. The smallest absolute Gasteiger partial charge is 0.437 e. The van der Waals surface area contributed by atoms with Gasteiger partial charge in [0.2, 0.25) is 0 Å². The Labute approximate surface area is 443 Å². The number of likely N-dealkylation sites (N-methyl/N-ethyl adjacent to an activating group) is 1. The molecule has 7 rings (SSSR count). The maximum absolute atomic E-state index is 15.3. The molecule has 21 heteroatoms. The minimum atomic E-state index is -5.51. The summed E-state index contributed by atoms with van der Waals surface area (Å²) in [6, 6.07) is 12.7. The summed E-state index contributed by atoms with van der Waals surface area (Å²) in [5.74, 6) is -3.81. The lowest BCUT2D eigenvalue weighted by Crippen LogP contribution is -2.65. The predicted octanol–water partition coefficient (Wildman–Crippen LogP) is 10.1. The van der Waals surface area contributed by atoms with E-state index in [-0.39, 0.29) is 77.8 Å². The zero-order valence-corrected chi connectivity index (χ0v) is 44.3. The SMILES string of the molecule is CC(C)C(Oc1ccc([C@@](O)(C(=O)N2CCC(CCCCOc3ccc(C(=O)N(C)[C@H]4CCOC4)c(Cl)c3)CC2)C(F)(F)F)cc1)(C(=O)N1CCC([C@@H]2C[C@H]2COc2ccc(C(=O)N(C)C)c(Cl)c2)CC1)C(F)(F)F. The van der Waals surface area contributed by atoms with Crippen molar-refractivity contribution in [2.45, 2.75) is 101 Å². The van der Waals surface area contributed by atoms with Crippen molar-refractivity contribution >= 4 is 46.8 Å². The quantitative estimate of drug-likeness (QED) is 0.0919. The fraction of sp³-hybridized carbons (Fsp3) is 0.593. The van der Waals surface area contributed by atoms with E-state index < -0.39 is 52.6 Å². The number of aliphatic hydroxyl groups is 1. The van der Waals surface area contributed by atoms with Gasteiger partial charge in [0.05, 0.1) is 47.0 Å². The Bertz CT molecular complexity index is 2500. The van der Waals surface area contributed by atoms with Crippen LogP contribution in [-0.4, -0.2) is 146 Å². The Kier molecular flexibility index (Phi) is 18.3. The molecule has 412 valence electrons. The van der Waals surface area contributed by atoms with Crippen molar-refractivity contribution in [1.29, 1.82) is 0 Å². The number of carbonyl (C=O) groups excluding carboxylic acids is 4. The van der Waals surface area contributed by atoms with Crippen LogP contribution in [0.1, 0.15) is 97.9 Å². The molecule has 3 aromatic carbocycles. The number of carbonyl (C=O) groups is 4. The maximum Gasteiger partial charge on any atom is 0.437 e. The molecule has 1 N–H and O–H groups in total. The van der Waals surface area contributed by atoms with Crippen LogP contribution in [0.5, 0.6) is 17.2 Å². The highest BCUT2D eigenvalue weighted by atomic mass is 35.5. The monoisotopic (exact) mass is 1100 g/mol. The summed E-state index contributed by atoms with van der Waals surface area (Å²) >= 11 is 12.8. The van der Waals surface area contributed by atoms with Crippen molar-refractivity contribution in [2.75, 3.05) is 73.7 Å². The van der Waals surface area contributed by atoms with E-state index in [0.29, 0.717) is 99.7 Å². The lowest BCUT2D eigenvalue weighted by Gasteiger charge is -2.43. The summed E-state index contributed by atoms with van der Waals surface area (Å²) in [5, 5.41) is 11.8. The van der Waals surface area contributed by atoms with Crippen LogP contribution in [-0.2, 0) is 19.9 Å². The molecule has 75 heavy (non-hydrogen) atoms. The number of ether oxygens (including phenoxy) is 4. The topological polar surface area (TPSA) is 138 Å². The summed E-state index contributed by atoms with van der Waals surface area (Å²) in [5.41, 5.74) is -7.65. The van der Waals surface area contributed by atoms with Gasteiger partial charge in [-0.2, -0.15) is 26.3 Å². The number of amides is 4. The zero-order chi connectivity index (χ0) is 54.6. The number of rotatable bonds is 19. The highest BCUT2D eigenvalue weighted by molar-refractivity contribution is 6.34. The number of hydrogen-bond donors (Lipinski definition) is 1. The first-order valence-electron chi connectivity index (χ1n) is 25.5. The second-order valence-electron chi connectivity index (χ2n) is 20.8. The van der Waals surface area contributed by atoms with Gasteiger partial charge in [-0.25, -0.2) is 0 Å². The average molecular weight is 1100 g/mol. The van der Waals surface area contributed by atoms with E-state index >= 15 is 13.2 Å². The lowest BCUT2D eigenvalue weighted by molar-refractivity contribution is -0.262. The van der Waals surface area contributed by atoms with Crippen LogP contribution in [0.2, 0.25) is 10.0 Å². The third kappa shape index (κ3) is 12.7. The van der Waals surface area contributed by atoms with Crippen molar-refractivity contribution in [3.05, 3.63) is 87.4 Å². The number of halogens is 8. The molecule has 1 saturated carbocycles. The minimum Gasteiger partial charge on any atom is -0.494 e. The predicted molar refractivity (Wildman–Crippen MR) is 268 cm³/mol. The summed E-state index contributed by atoms with van der Waals surface area (Å²) in [4.78, 5) is 58.2. The van der Waals surface area contributed by atoms with E-state index in [1.807, 2.05) is 0 Å². The van der Waals surface area contributed by atoms with E-state index in [2.05, 4.69) is 0 Å².